The largest absolute Gasteiger partial charge is 0.497 e. The lowest BCUT2D eigenvalue weighted by Crippen LogP contribution is -2.33. The second-order valence-electron chi connectivity index (χ2n) is 6.28. The maximum atomic E-state index is 5.33. The molecule has 2 nitrogen and oxygen atoms in total. The van der Waals surface area contributed by atoms with E-state index in [2.05, 4.69) is 67.7 Å². The van der Waals surface area contributed by atoms with E-state index in [0.29, 0.717) is 0 Å². The van der Waals surface area contributed by atoms with Gasteiger partial charge in [-0.15, -0.1) is 0 Å². The van der Waals surface area contributed by atoms with Crippen molar-refractivity contribution >= 4 is 0 Å². The molecular formula is C20H27NO. The van der Waals surface area contributed by atoms with E-state index in [0.717, 1.165) is 31.7 Å². The van der Waals surface area contributed by atoms with Crippen molar-refractivity contribution < 1.29 is 4.74 Å². The molecule has 0 aromatic heterocycles. The molecule has 0 fully saturated rings. The Kier molecular flexibility index (Phi) is 6.02. The third kappa shape index (κ3) is 4.88. The number of nitrogens with one attached hydrogen (secondary N) is 1. The summed E-state index contributed by atoms with van der Waals surface area (Å²) in [5.41, 5.74) is 2.92. The van der Waals surface area contributed by atoms with E-state index in [1.807, 2.05) is 6.07 Å². The molecule has 1 atom stereocenters. The molecule has 1 unspecified atom stereocenters. The molecule has 0 saturated carbocycles. The van der Waals surface area contributed by atoms with Crippen LogP contribution in [0.1, 0.15) is 31.4 Å². The average Bonchev–Trinajstić information content (AvgIpc) is 2.56. The van der Waals surface area contributed by atoms with Gasteiger partial charge in [0.2, 0.25) is 0 Å². The van der Waals surface area contributed by atoms with Crippen molar-refractivity contribution in [2.45, 2.75) is 33.2 Å². The molecule has 2 aromatic carbocycles. The Hall–Kier alpha value is -1.80. The van der Waals surface area contributed by atoms with Crippen LogP contribution in [0.4, 0.5) is 0 Å². The van der Waals surface area contributed by atoms with E-state index in [9.17, 15) is 0 Å². The van der Waals surface area contributed by atoms with Crippen molar-refractivity contribution in [2.24, 2.45) is 5.41 Å². The maximum absolute atomic E-state index is 5.33. The van der Waals surface area contributed by atoms with Crippen LogP contribution in [0.15, 0.2) is 54.6 Å². The molecule has 118 valence electrons. The van der Waals surface area contributed by atoms with Gasteiger partial charge in [0.1, 0.15) is 5.75 Å². The highest BCUT2D eigenvalue weighted by molar-refractivity contribution is 5.29. The molecule has 0 bridgehead atoms. The molecule has 0 spiro atoms. The number of rotatable bonds is 8. The molecule has 0 aliphatic heterocycles. The standard InChI is InChI=1S/C20H27NO/c1-4-20(2,14-18-11-8-12-19(13-18)22-3)16-21-15-17-9-6-5-7-10-17/h5-13,21H,4,14-16H2,1-3H3. The van der Waals surface area contributed by atoms with Gasteiger partial charge in [0, 0.05) is 13.1 Å². The summed E-state index contributed by atoms with van der Waals surface area (Å²) < 4.78 is 5.33. The van der Waals surface area contributed by atoms with Crippen LogP contribution in [0.25, 0.3) is 0 Å². The zero-order chi connectivity index (χ0) is 15.8. The average molecular weight is 297 g/mol. The maximum Gasteiger partial charge on any atom is 0.119 e. The van der Waals surface area contributed by atoms with Crippen molar-refractivity contribution in [2.75, 3.05) is 13.7 Å². The summed E-state index contributed by atoms with van der Waals surface area (Å²) in [4.78, 5) is 0. The zero-order valence-electron chi connectivity index (χ0n) is 13.9. The van der Waals surface area contributed by atoms with E-state index >= 15 is 0 Å². The van der Waals surface area contributed by atoms with Crippen molar-refractivity contribution in [3.63, 3.8) is 0 Å². The summed E-state index contributed by atoms with van der Waals surface area (Å²) in [6.07, 6.45) is 2.20. The molecule has 2 heteroatoms. The molecule has 1 N–H and O–H groups in total. The summed E-state index contributed by atoms with van der Waals surface area (Å²) in [5.74, 6) is 0.938. The minimum atomic E-state index is 0.251. The van der Waals surface area contributed by atoms with Gasteiger partial charge in [0.25, 0.3) is 0 Å². The lowest BCUT2D eigenvalue weighted by atomic mass is 9.81. The van der Waals surface area contributed by atoms with E-state index < -0.39 is 0 Å². The second-order valence-corrected chi connectivity index (χ2v) is 6.28. The summed E-state index contributed by atoms with van der Waals surface area (Å²) in [5, 5.41) is 3.61. The van der Waals surface area contributed by atoms with Crippen LogP contribution < -0.4 is 10.1 Å². The molecule has 2 aromatic rings. The van der Waals surface area contributed by atoms with Gasteiger partial charge in [-0.2, -0.15) is 0 Å². The molecule has 0 amide bonds. The van der Waals surface area contributed by atoms with Crippen LogP contribution in [0.5, 0.6) is 5.75 Å². The van der Waals surface area contributed by atoms with Gasteiger partial charge in [-0.1, -0.05) is 56.3 Å². The highest BCUT2D eigenvalue weighted by Gasteiger charge is 2.22. The van der Waals surface area contributed by atoms with Crippen molar-refractivity contribution in [1.29, 1.82) is 0 Å². The molecule has 22 heavy (non-hydrogen) atoms. The summed E-state index contributed by atoms with van der Waals surface area (Å²) in [6.45, 7) is 6.55. The third-order valence-corrected chi connectivity index (χ3v) is 4.34. The van der Waals surface area contributed by atoms with Crippen LogP contribution in [0.3, 0.4) is 0 Å². The first-order valence-electron chi connectivity index (χ1n) is 8.03. The van der Waals surface area contributed by atoms with Crippen LogP contribution in [-0.4, -0.2) is 13.7 Å². The number of hydrogen-bond donors (Lipinski definition) is 1. The van der Waals surface area contributed by atoms with Crippen LogP contribution in [0.2, 0.25) is 0 Å². The fourth-order valence-electron chi connectivity index (χ4n) is 2.69. The Morgan fingerprint density at radius 2 is 1.73 bits per heavy atom. The highest BCUT2D eigenvalue weighted by Crippen LogP contribution is 2.27. The molecule has 0 aliphatic carbocycles. The molecule has 0 saturated heterocycles. The van der Waals surface area contributed by atoms with E-state index in [-0.39, 0.29) is 5.41 Å². The van der Waals surface area contributed by atoms with E-state index in [1.165, 1.54) is 11.1 Å². The third-order valence-electron chi connectivity index (χ3n) is 4.34. The first kappa shape index (κ1) is 16.6. The lowest BCUT2D eigenvalue weighted by Gasteiger charge is -2.29. The topological polar surface area (TPSA) is 21.3 Å². The summed E-state index contributed by atoms with van der Waals surface area (Å²) >= 11 is 0. The number of ether oxygens (including phenoxy) is 1. The Balaban J connectivity index is 1.93. The number of benzene rings is 2. The zero-order valence-corrected chi connectivity index (χ0v) is 13.9. The minimum Gasteiger partial charge on any atom is -0.497 e. The fourth-order valence-corrected chi connectivity index (χ4v) is 2.69. The first-order valence-corrected chi connectivity index (χ1v) is 8.03. The van der Waals surface area contributed by atoms with Crippen molar-refractivity contribution in [3.05, 3.63) is 65.7 Å². The van der Waals surface area contributed by atoms with Gasteiger partial charge >= 0.3 is 0 Å². The predicted molar refractivity (Wildman–Crippen MR) is 93.2 cm³/mol. The Morgan fingerprint density at radius 3 is 2.41 bits per heavy atom. The van der Waals surface area contributed by atoms with E-state index in [1.54, 1.807) is 7.11 Å². The Morgan fingerprint density at radius 1 is 1.00 bits per heavy atom. The smallest absolute Gasteiger partial charge is 0.119 e. The van der Waals surface area contributed by atoms with Gasteiger partial charge in [0.15, 0.2) is 0 Å². The predicted octanol–water partition coefficient (Wildman–Crippen LogP) is 4.44. The number of hydrogen-bond acceptors (Lipinski definition) is 2. The molecule has 0 radical (unpaired) electrons. The minimum absolute atomic E-state index is 0.251. The van der Waals surface area contributed by atoms with Crippen LogP contribution in [-0.2, 0) is 13.0 Å². The van der Waals surface area contributed by atoms with Crippen LogP contribution in [0, 0.1) is 5.41 Å². The molecule has 2 rings (SSSR count). The van der Waals surface area contributed by atoms with E-state index in [4.69, 9.17) is 4.74 Å². The summed E-state index contributed by atoms with van der Waals surface area (Å²) in [7, 11) is 1.72. The highest BCUT2D eigenvalue weighted by atomic mass is 16.5. The quantitative estimate of drug-likeness (QED) is 0.777. The monoisotopic (exact) mass is 297 g/mol. The molecule has 0 heterocycles. The fraction of sp³-hybridized carbons (Fsp3) is 0.400. The normalized spacial score (nSPS) is 13.6. The van der Waals surface area contributed by atoms with Crippen molar-refractivity contribution in [3.8, 4) is 5.75 Å². The summed E-state index contributed by atoms with van der Waals surface area (Å²) in [6, 6.07) is 19.0. The Labute approximate surface area is 134 Å². The molecular weight excluding hydrogens is 270 g/mol. The SMILES string of the molecule is CCC(C)(CNCc1ccccc1)Cc1cccc(OC)c1. The van der Waals surface area contributed by atoms with Gasteiger partial charge in [0.05, 0.1) is 7.11 Å². The first-order chi connectivity index (χ1) is 10.6. The van der Waals surface area contributed by atoms with Gasteiger partial charge in [-0.25, -0.2) is 0 Å². The lowest BCUT2D eigenvalue weighted by molar-refractivity contribution is 0.289. The van der Waals surface area contributed by atoms with Gasteiger partial charge < -0.3 is 10.1 Å². The van der Waals surface area contributed by atoms with Gasteiger partial charge in [-0.05, 0) is 41.5 Å². The second kappa shape index (κ2) is 8.00. The van der Waals surface area contributed by atoms with Gasteiger partial charge in [-0.3, -0.25) is 0 Å². The number of methoxy groups -OCH3 is 1. The Bertz CT molecular complexity index is 567. The molecule has 0 aliphatic rings. The van der Waals surface area contributed by atoms with Crippen LogP contribution >= 0.6 is 0 Å². The van der Waals surface area contributed by atoms with Crippen molar-refractivity contribution in [1.82, 2.24) is 5.32 Å².